The zero-order valence-electron chi connectivity index (χ0n) is 8.57. The lowest BCUT2D eigenvalue weighted by atomic mass is 10.1. The molecule has 1 rings (SSSR count). The Labute approximate surface area is 97.7 Å². The van der Waals surface area contributed by atoms with Gasteiger partial charge in [-0.25, -0.2) is 0 Å². The van der Waals surface area contributed by atoms with E-state index in [1.54, 1.807) is 6.92 Å². The van der Waals surface area contributed by atoms with Gasteiger partial charge in [0.15, 0.2) is 0 Å². The maximum Gasteiger partial charge on any atom is 0.307 e. The van der Waals surface area contributed by atoms with Gasteiger partial charge in [0.05, 0.1) is 13.0 Å². The molecular weight excluding hydrogens is 258 g/mol. The van der Waals surface area contributed by atoms with Gasteiger partial charge in [0.2, 0.25) is 0 Å². The second-order valence-corrected chi connectivity index (χ2v) is 3.99. The fourth-order valence-electron chi connectivity index (χ4n) is 1.29. The van der Waals surface area contributed by atoms with E-state index < -0.39 is 0 Å². The second kappa shape index (κ2) is 5.88. The van der Waals surface area contributed by atoms with E-state index in [9.17, 15) is 4.79 Å². The van der Waals surface area contributed by atoms with Crippen molar-refractivity contribution in [1.82, 2.24) is 0 Å². The molecule has 4 heteroatoms. The second-order valence-electron chi connectivity index (χ2n) is 3.14. The molecule has 0 saturated carbocycles. The molecule has 2 N–H and O–H groups in total. The van der Waals surface area contributed by atoms with Crippen LogP contribution in [0.25, 0.3) is 0 Å². The molecule has 0 unspecified atom stereocenters. The molecule has 15 heavy (non-hydrogen) atoms. The van der Waals surface area contributed by atoms with Crippen molar-refractivity contribution in [1.29, 1.82) is 0 Å². The minimum atomic E-state index is -0.320. The van der Waals surface area contributed by atoms with Gasteiger partial charge in [0.1, 0.15) is 0 Å². The van der Waals surface area contributed by atoms with Crippen molar-refractivity contribution in [2.75, 3.05) is 6.61 Å². The van der Waals surface area contributed by atoms with E-state index in [4.69, 9.17) is 10.5 Å². The van der Waals surface area contributed by atoms with Crippen LogP contribution in [-0.2, 0) is 9.53 Å². The summed E-state index contributed by atoms with van der Waals surface area (Å²) in [5.74, 6) is -0.263. The van der Waals surface area contributed by atoms with E-state index >= 15 is 0 Å². The summed E-state index contributed by atoms with van der Waals surface area (Å²) in [6, 6.07) is 7.28. The van der Waals surface area contributed by atoms with E-state index in [0.717, 1.165) is 10.0 Å². The number of benzene rings is 1. The SMILES string of the molecule is CCOC(=O)C[C@H](N)c1ccccc1Br. The predicted octanol–water partition coefficient (Wildman–Crippen LogP) is 2.40. The van der Waals surface area contributed by atoms with Gasteiger partial charge in [-0.1, -0.05) is 34.1 Å². The Morgan fingerprint density at radius 3 is 2.80 bits per heavy atom. The zero-order valence-corrected chi connectivity index (χ0v) is 10.2. The van der Waals surface area contributed by atoms with Gasteiger partial charge >= 0.3 is 5.97 Å². The van der Waals surface area contributed by atoms with Crippen LogP contribution in [0.1, 0.15) is 24.9 Å². The largest absolute Gasteiger partial charge is 0.466 e. The van der Waals surface area contributed by atoms with Crippen molar-refractivity contribution in [3.8, 4) is 0 Å². The Balaban J connectivity index is 2.65. The van der Waals surface area contributed by atoms with Crippen LogP contribution in [0, 0.1) is 0 Å². The minimum Gasteiger partial charge on any atom is -0.466 e. The number of rotatable bonds is 4. The molecule has 0 heterocycles. The van der Waals surface area contributed by atoms with Crippen LogP contribution < -0.4 is 5.73 Å². The average molecular weight is 272 g/mol. The smallest absolute Gasteiger partial charge is 0.307 e. The van der Waals surface area contributed by atoms with Crippen LogP contribution in [0.3, 0.4) is 0 Å². The highest BCUT2D eigenvalue weighted by molar-refractivity contribution is 9.10. The van der Waals surface area contributed by atoms with Crippen molar-refractivity contribution in [2.24, 2.45) is 5.73 Å². The zero-order chi connectivity index (χ0) is 11.3. The van der Waals surface area contributed by atoms with E-state index in [2.05, 4.69) is 15.9 Å². The highest BCUT2D eigenvalue weighted by Crippen LogP contribution is 2.23. The molecular formula is C11H14BrNO2. The van der Waals surface area contributed by atoms with Crippen LogP contribution in [0.15, 0.2) is 28.7 Å². The van der Waals surface area contributed by atoms with Crippen molar-refractivity contribution in [3.63, 3.8) is 0 Å². The Kier molecular flexibility index (Phi) is 4.78. The highest BCUT2D eigenvalue weighted by atomic mass is 79.9. The molecule has 0 aliphatic rings. The average Bonchev–Trinajstić information content (AvgIpc) is 2.18. The quantitative estimate of drug-likeness (QED) is 0.856. The minimum absolute atomic E-state index is 0.205. The van der Waals surface area contributed by atoms with Crippen molar-refractivity contribution in [2.45, 2.75) is 19.4 Å². The summed E-state index contributed by atoms with van der Waals surface area (Å²) >= 11 is 3.39. The summed E-state index contributed by atoms with van der Waals surface area (Å²) in [5, 5.41) is 0. The maximum atomic E-state index is 11.2. The first kappa shape index (κ1) is 12.2. The molecule has 82 valence electrons. The molecule has 0 amide bonds. The number of hydrogen-bond acceptors (Lipinski definition) is 3. The Hall–Kier alpha value is -0.870. The summed E-state index contributed by atoms with van der Waals surface area (Å²) in [5.41, 5.74) is 6.82. The lowest BCUT2D eigenvalue weighted by molar-refractivity contribution is -0.143. The van der Waals surface area contributed by atoms with Crippen molar-refractivity contribution >= 4 is 21.9 Å². The number of esters is 1. The molecule has 0 aliphatic heterocycles. The third-order valence-corrected chi connectivity index (χ3v) is 2.72. The van der Waals surface area contributed by atoms with E-state index in [1.165, 1.54) is 0 Å². The molecule has 1 aromatic rings. The fourth-order valence-corrected chi connectivity index (χ4v) is 1.86. The molecule has 1 atom stereocenters. The number of carbonyl (C=O) groups excluding carboxylic acids is 1. The Morgan fingerprint density at radius 1 is 1.53 bits per heavy atom. The predicted molar refractivity (Wildman–Crippen MR) is 62.3 cm³/mol. The van der Waals surface area contributed by atoms with Crippen LogP contribution >= 0.6 is 15.9 Å². The lowest BCUT2D eigenvalue weighted by Crippen LogP contribution is -2.17. The van der Waals surface area contributed by atoms with Crippen LogP contribution in [0.5, 0.6) is 0 Å². The lowest BCUT2D eigenvalue weighted by Gasteiger charge is -2.12. The van der Waals surface area contributed by atoms with Gasteiger partial charge in [0, 0.05) is 10.5 Å². The van der Waals surface area contributed by atoms with Gasteiger partial charge in [-0.3, -0.25) is 4.79 Å². The van der Waals surface area contributed by atoms with Gasteiger partial charge in [0.25, 0.3) is 0 Å². The summed E-state index contributed by atoms with van der Waals surface area (Å²) in [6.45, 7) is 2.17. The molecule has 0 aliphatic carbocycles. The number of nitrogens with two attached hydrogens (primary N) is 1. The van der Waals surface area contributed by atoms with Crippen LogP contribution in [0.4, 0.5) is 0 Å². The van der Waals surface area contributed by atoms with Crippen LogP contribution in [0.2, 0.25) is 0 Å². The first-order chi connectivity index (χ1) is 7.15. The standard InChI is InChI=1S/C11H14BrNO2/c1-2-15-11(14)7-10(13)8-5-3-4-6-9(8)12/h3-6,10H,2,7,13H2,1H3/t10-/m0/s1. The molecule has 3 nitrogen and oxygen atoms in total. The maximum absolute atomic E-state index is 11.2. The van der Waals surface area contributed by atoms with Gasteiger partial charge in [-0.15, -0.1) is 0 Å². The van der Waals surface area contributed by atoms with Crippen LogP contribution in [-0.4, -0.2) is 12.6 Å². The van der Waals surface area contributed by atoms with Gasteiger partial charge in [-0.2, -0.15) is 0 Å². The van der Waals surface area contributed by atoms with Crippen molar-refractivity contribution < 1.29 is 9.53 Å². The Morgan fingerprint density at radius 2 is 2.20 bits per heavy atom. The Bertz CT molecular complexity index is 341. The van der Waals surface area contributed by atoms with Gasteiger partial charge < -0.3 is 10.5 Å². The number of carbonyl (C=O) groups is 1. The summed E-state index contributed by atoms with van der Waals surface area (Å²) < 4.78 is 5.76. The summed E-state index contributed by atoms with van der Waals surface area (Å²) in [7, 11) is 0. The van der Waals surface area contributed by atoms with Gasteiger partial charge in [-0.05, 0) is 18.6 Å². The topological polar surface area (TPSA) is 52.3 Å². The summed E-state index contributed by atoms with van der Waals surface area (Å²) in [4.78, 5) is 11.2. The fraction of sp³-hybridized carbons (Fsp3) is 0.364. The number of hydrogen-bond donors (Lipinski definition) is 1. The highest BCUT2D eigenvalue weighted by Gasteiger charge is 2.14. The molecule has 0 fully saturated rings. The third-order valence-electron chi connectivity index (χ3n) is 2.00. The number of ether oxygens (including phenoxy) is 1. The molecule has 0 aromatic heterocycles. The third kappa shape index (κ3) is 3.64. The molecule has 0 saturated heterocycles. The van der Waals surface area contributed by atoms with E-state index in [1.807, 2.05) is 24.3 Å². The first-order valence-corrected chi connectivity index (χ1v) is 5.60. The van der Waals surface area contributed by atoms with E-state index in [-0.39, 0.29) is 18.4 Å². The monoisotopic (exact) mass is 271 g/mol. The summed E-state index contributed by atoms with van der Waals surface area (Å²) in [6.07, 6.45) is 0.205. The molecule has 0 bridgehead atoms. The molecule has 0 radical (unpaired) electrons. The first-order valence-electron chi connectivity index (χ1n) is 4.80. The normalized spacial score (nSPS) is 12.2. The van der Waals surface area contributed by atoms with Crippen molar-refractivity contribution in [3.05, 3.63) is 34.3 Å². The number of halogens is 1. The molecule has 1 aromatic carbocycles. The van der Waals surface area contributed by atoms with E-state index in [0.29, 0.717) is 6.61 Å². The molecule has 0 spiro atoms.